The highest BCUT2D eigenvalue weighted by molar-refractivity contribution is 5.95. The van der Waals surface area contributed by atoms with E-state index in [2.05, 4.69) is 16.0 Å². The first-order valence-corrected chi connectivity index (χ1v) is 9.76. The van der Waals surface area contributed by atoms with E-state index in [9.17, 15) is 4.79 Å². The summed E-state index contributed by atoms with van der Waals surface area (Å²) in [6.45, 7) is 1.05. The zero-order chi connectivity index (χ0) is 17.0. The lowest BCUT2D eigenvalue weighted by Gasteiger charge is -2.27. The van der Waals surface area contributed by atoms with Crippen LogP contribution in [-0.4, -0.2) is 21.5 Å². The van der Waals surface area contributed by atoms with Gasteiger partial charge in [-0.3, -0.25) is 4.79 Å². The fourth-order valence-electron chi connectivity index (χ4n) is 5.38. The Bertz CT molecular complexity index is 824. The number of carbonyl (C=O) groups excluding carboxylic acids is 1. The molecule has 2 heterocycles. The lowest BCUT2D eigenvalue weighted by atomic mass is 9.84. The van der Waals surface area contributed by atoms with Crippen molar-refractivity contribution in [3.05, 3.63) is 24.0 Å². The Labute approximate surface area is 148 Å². The molecule has 2 saturated carbocycles. The number of nitrogens with one attached hydrogen (secondary N) is 1. The molecule has 4 atom stereocenters. The smallest absolute Gasteiger partial charge is 0.229 e. The highest BCUT2D eigenvalue weighted by Gasteiger charge is 2.49. The maximum absolute atomic E-state index is 12.8. The number of nitrogens with zero attached hydrogens (tertiary/aromatic N) is 2. The van der Waals surface area contributed by atoms with Gasteiger partial charge in [0.1, 0.15) is 5.82 Å². The Hall–Kier alpha value is -1.88. The third-order valence-corrected chi connectivity index (χ3v) is 6.66. The van der Waals surface area contributed by atoms with Crippen LogP contribution in [0, 0.1) is 17.8 Å². The van der Waals surface area contributed by atoms with E-state index in [1.165, 1.54) is 37.0 Å². The van der Waals surface area contributed by atoms with Crippen LogP contribution < -0.4 is 11.1 Å². The predicted octanol–water partition coefficient (Wildman–Crippen LogP) is 3.07. The normalized spacial score (nSPS) is 31.1. The molecule has 1 aromatic carbocycles. The second-order valence-electron chi connectivity index (χ2n) is 8.12. The fourth-order valence-corrected chi connectivity index (χ4v) is 5.38. The third kappa shape index (κ3) is 2.48. The maximum atomic E-state index is 12.8. The number of amides is 1. The van der Waals surface area contributed by atoms with Crippen LogP contribution in [0.15, 0.2) is 18.2 Å². The molecule has 0 saturated heterocycles. The van der Waals surface area contributed by atoms with Crippen molar-refractivity contribution >= 4 is 22.6 Å². The van der Waals surface area contributed by atoms with Gasteiger partial charge in [0.2, 0.25) is 5.91 Å². The standard InChI is InChI=1S/C20H26N4O/c21-19-13-6-5-12(10-13)18(19)20(25)22-14-7-8-16-15(11-14)23-17-4-2-1-3-9-24(16)17/h7-8,11-13,18-19H,1-6,9-10,21H2,(H,22,25). The van der Waals surface area contributed by atoms with Gasteiger partial charge in [-0.15, -0.1) is 0 Å². The van der Waals surface area contributed by atoms with Crippen molar-refractivity contribution in [2.24, 2.45) is 23.5 Å². The van der Waals surface area contributed by atoms with Crippen molar-refractivity contribution in [3.8, 4) is 0 Å². The van der Waals surface area contributed by atoms with Crippen molar-refractivity contribution < 1.29 is 4.79 Å². The molecular weight excluding hydrogens is 312 g/mol. The molecule has 0 spiro atoms. The number of aromatic nitrogens is 2. The van der Waals surface area contributed by atoms with E-state index in [0.717, 1.165) is 37.0 Å². The number of imidazole rings is 1. The average molecular weight is 338 g/mol. The van der Waals surface area contributed by atoms with E-state index in [1.54, 1.807) is 0 Å². The van der Waals surface area contributed by atoms with Gasteiger partial charge in [-0.05, 0) is 62.1 Å². The van der Waals surface area contributed by atoms with Gasteiger partial charge in [0, 0.05) is 24.7 Å². The molecule has 5 nitrogen and oxygen atoms in total. The number of carbonyl (C=O) groups is 1. The average Bonchev–Trinajstić information content (AvgIpc) is 3.23. The molecule has 25 heavy (non-hydrogen) atoms. The molecule has 2 aliphatic carbocycles. The Morgan fingerprint density at radius 2 is 2.08 bits per heavy atom. The van der Waals surface area contributed by atoms with Gasteiger partial charge in [0.25, 0.3) is 0 Å². The van der Waals surface area contributed by atoms with Crippen molar-refractivity contribution in [3.63, 3.8) is 0 Å². The highest BCUT2D eigenvalue weighted by atomic mass is 16.2. The number of fused-ring (bicyclic) bond motifs is 5. The Balaban J connectivity index is 1.39. The molecule has 3 N–H and O–H groups in total. The third-order valence-electron chi connectivity index (χ3n) is 6.66. The quantitative estimate of drug-likeness (QED) is 0.884. The van der Waals surface area contributed by atoms with Gasteiger partial charge < -0.3 is 15.6 Å². The molecule has 132 valence electrons. The van der Waals surface area contributed by atoms with E-state index in [0.29, 0.717) is 11.8 Å². The summed E-state index contributed by atoms with van der Waals surface area (Å²) in [6, 6.07) is 6.17. The van der Waals surface area contributed by atoms with Gasteiger partial charge in [0.15, 0.2) is 0 Å². The van der Waals surface area contributed by atoms with Crippen molar-refractivity contribution in [1.82, 2.24) is 9.55 Å². The molecule has 2 bridgehead atoms. The molecular formula is C20H26N4O. The number of hydrogen-bond donors (Lipinski definition) is 2. The van der Waals surface area contributed by atoms with Crippen LogP contribution in [-0.2, 0) is 17.8 Å². The van der Waals surface area contributed by atoms with Crippen LogP contribution in [0.1, 0.15) is 44.3 Å². The van der Waals surface area contributed by atoms with Gasteiger partial charge >= 0.3 is 0 Å². The summed E-state index contributed by atoms with van der Waals surface area (Å²) in [5, 5.41) is 3.12. The summed E-state index contributed by atoms with van der Waals surface area (Å²) in [5.74, 6) is 2.29. The van der Waals surface area contributed by atoms with Crippen LogP contribution >= 0.6 is 0 Å². The Morgan fingerprint density at radius 3 is 2.92 bits per heavy atom. The molecule has 2 aromatic rings. The SMILES string of the molecule is NC1C2CCC(C2)C1C(=O)Nc1ccc2c(c1)nc1n2CCCCC1. The summed E-state index contributed by atoms with van der Waals surface area (Å²) >= 11 is 0. The van der Waals surface area contributed by atoms with Crippen LogP contribution in [0.25, 0.3) is 11.0 Å². The Kier molecular flexibility index (Phi) is 3.59. The molecule has 1 aromatic heterocycles. The first kappa shape index (κ1) is 15.4. The number of anilines is 1. The zero-order valence-corrected chi connectivity index (χ0v) is 14.6. The second kappa shape index (κ2) is 5.84. The van der Waals surface area contributed by atoms with Gasteiger partial charge in [-0.25, -0.2) is 4.98 Å². The first-order chi connectivity index (χ1) is 12.2. The summed E-state index contributed by atoms with van der Waals surface area (Å²) in [7, 11) is 0. The number of hydrogen-bond acceptors (Lipinski definition) is 3. The number of nitrogens with two attached hydrogens (primary N) is 1. The number of aryl methyl sites for hydroxylation is 2. The first-order valence-electron chi connectivity index (χ1n) is 9.76. The van der Waals surface area contributed by atoms with E-state index < -0.39 is 0 Å². The minimum atomic E-state index is -0.0202. The fraction of sp³-hybridized carbons (Fsp3) is 0.600. The minimum absolute atomic E-state index is 0.0202. The van der Waals surface area contributed by atoms with Crippen LogP contribution in [0.3, 0.4) is 0 Å². The monoisotopic (exact) mass is 338 g/mol. The van der Waals surface area contributed by atoms with Gasteiger partial charge in [0.05, 0.1) is 17.0 Å². The zero-order valence-electron chi connectivity index (χ0n) is 14.6. The molecule has 1 aliphatic heterocycles. The molecule has 5 heteroatoms. The maximum Gasteiger partial charge on any atom is 0.229 e. The van der Waals surface area contributed by atoms with Crippen molar-refractivity contribution in [1.29, 1.82) is 0 Å². The molecule has 1 amide bonds. The van der Waals surface area contributed by atoms with E-state index in [-0.39, 0.29) is 17.9 Å². The largest absolute Gasteiger partial charge is 0.328 e. The highest BCUT2D eigenvalue weighted by Crippen LogP contribution is 2.47. The molecule has 5 rings (SSSR count). The lowest BCUT2D eigenvalue weighted by molar-refractivity contribution is -0.121. The number of rotatable bonds is 2. The topological polar surface area (TPSA) is 72.9 Å². The summed E-state index contributed by atoms with van der Waals surface area (Å²) in [4.78, 5) is 17.6. The van der Waals surface area contributed by atoms with Gasteiger partial charge in [-0.2, -0.15) is 0 Å². The van der Waals surface area contributed by atoms with Crippen LogP contribution in [0.2, 0.25) is 0 Å². The van der Waals surface area contributed by atoms with Crippen LogP contribution in [0.4, 0.5) is 5.69 Å². The van der Waals surface area contributed by atoms with Crippen molar-refractivity contribution in [2.45, 2.75) is 57.5 Å². The van der Waals surface area contributed by atoms with E-state index in [4.69, 9.17) is 10.7 Å². The number of benzene rings is 1. The Morgan fingerprint density at radius 1 is 1.20 bits per heavy atom. The summed E-state index contributed by atoms with van der Waals surface area (Å²) < 4.78 is 2.35. The molecule has 0 radical (unpaired) electrons. The molecule has 4 unspecified atom stereocenters. The second-order valence-corrected chi connectivity index (χ2v) is 8.12. The van der Waals surface area contributed by atoms with Crippen LogP contribution in [0.5, 0.6) is 0 Å². The van der Waals surface area contributed by atoms with E-state index >= 15 is 0 Å². The lowest BCUT2D eigenvalue weighted by Crippen LogP contribution is -2.42. The molecule has 3 aliphatic rings. The van der Waals surface area contributed by atoms with Crippen molar-refractivity contribution in [2.75, 3.05) is 5.32 Å². The predicted molar refractivity (Wildman–Crippen MR) is 98.2 cm³/mol. The van der Waals surface area contributed by atoms with E-state index in [1.807, 2.05) is 12.1 Å². The molecule has 2 fully saturated rings. The summed E-state index contributed by atoms with van der Waals surface area (Å²) in [6.07, 6.45) is 8.25. The van der Waals surface area contributed by atoms with Gasteiger partial charge in [-0.1, -0.05) is 6.42 Å². The summed E-state index contributed by atoms with van der Waals surface area (Å²) in [5.41, 5.74) is 9.34. The minimum Gasteiger partial charge on any atom is -0.328 e.